The van der Waals surface area contributed by atoms with Gasteiger partial charge in [-0.1, -0.05) is 25.1 Å². The van der Waals surface area contributed by atoms with Crippen LogP contribution in [-0.4, -0.2) is 19.6 Å². The average Bonchev–Trinajstić information content (AvgIpc) is 2.39. The van der Waals surface area contributed by atoms with Crippen LogP contribution in [0.4, 0.5) is 5.69 Å². The van der Waals surface area contributed by atoms with E-state index in [4.69, 9.17) is 5.73 Å². The lowest BCUT2D eigenvalue weighted by molar-refractivity contribution is 0.395. The number of anilines is 1. The van der Waals surface area contributed by atoms with Crippen molar-refractivity contribution in [1.29, 1.82) is 0 Å². The van der Waals surface area contributed by atoms with Crippen LogP contribution in [0.25, 0.3) is 0 Å². The molecule has 1 aromatic carbocycles. The van der Waals surface area contributed by atoms with Gasteiger partial charge in [0.1, 0.15) is 0 Å². The van der Waals surface area contributed by atoms with E-state index in [0.717, 1.165) is 18.9 Å². The summed E-state index contributed by atoms with van der Waals surface area (Å²) in [4.78, 5) is 2.60. The molecule has 0 aliphatic carbocycles. The minimum atomic E-state index is 0.785. The predicted octanol–water partition coefficient (Wildman–Crippen LogP) is 3.12. The lowest BCUT2D eigenvalue weighted by Gasteiger charge is -2.36. The molecule has 1 saturated heterocycles. The third-order valence-electron chi connectivity index (χ3n) is 4.11. The molecular formula is C16H26N2. The first-order valence-electron chi connectivity index (χ1n) is 7.29. The molecule has 0 saturated carbocycles. The number of piperidine rings is 1. The molecule has 18 heavy (non-hydrogen) atoms. The maximum atomic E-state index is 5.71. The summed E-state index contributed by atoms with van der Waals surface area (Å²) < 4.78 is 0. The zero-order valence-electron chi connectivity index (χ0n) is 11.8. The van der Waals surface area contributed by atoms with E-state index in [0.29, 0.717) is 0 Å². The molecule has 0 aromatic heterocycles. The molecule has 2 N–H and O–H groups in total. The SMILES string of the molecule is CCc1cccc(C)c1N1CCCC(CCN)C1. The summed E-state index contributed by atoms with van der Waals surface area (Å²) in [6, 6.07) is 6.69. The van der Waals surface area contributed by atoms with E-state index < -0.39 is 0 Å². The van der Waals surface area contributed by atoms with Crippen LogP contribution in [0.3, 0.4) is 0 Å². The Hall–Kier alpha value is -1.02. The molecule has 1 aromatic rings. The van der Waals surface area contributed by atoms with Gasteiger partial charge in [0.25, 0.3) is 0 Å². The Kier molecular flexibility index (Phi) is 4.65. The van der Waals surface area contributed by atoms with Crippen molar-refractivity contribution in [3.8, 4) is 0 Å². The fourth-order valence-electron chi connectivity index (χ4n) is 3.20. The molecule has 0 radical (unpaired) electrons. The van der Waals surface area contributed by atoms with Crippen LogP contribution in [0.15, 0.2) is 18.2 Å². The van der Waals surface area contributed by atoms with Gasteiger partial charge in [-0.25, -0.2) is 0 Å². The third kappa shape index (κ3) is 2.86. The van der Waals surface area contributed by atoms with Crippen LogP contribution in [0, 0.1) is 12.8 Å². The Morgan fingerprint density at radius 1 is 1.39 bits per heavy atom. The Labute approximate surface area is 111 Å². The molecule has 0 amide bonds. The molecule has 2 nitrogen and oxygen atoms in total. The number of hydrogen-bond acceptors (Lipinski definition) is 2. The van der Waals surface area contributed by atoms with Gasteiger partial charge < -0.3 is 10.6 Å². The molecule has 1 fully saturated rings. The Morgan fingerprint density at radius 2 is 2.22 bits per heavy atom. The van der Waals surface area contributed by atoms with Gasteiger partial charge in [0.05, 0.1) is 0 Å². The highest BCUT2D eigenvalue weighted by molar-refractivity contribution is 5.59. The quantitative estimate of drug-likeness (QED) is 0.884. The first-order valence-corrected chi connectivity index (χ1v) is 7.29. The first-order chi connectivity index (χ1) is 8.76. The molecule has 1 aliphatic heterocycles. The molecule has 1 heterocycles. The van der Waals surface area contributed by atoms with Crippen molar-refractivity contribution in [3.63, 3.8) is 0 Å². The highest BCUT2D eigenvalue weighted by Gasteiger charge is 2.21. The predicted molar refractivity (Wildman–Crippen MR) is 79.2 cm³/mol. The van der Waals surface area contributed by atoms with E-state index >= 15 is 0 Å². The highest BCUT2D eigenvalue weighted by atomic mass is 15.1. The normalized spacial score (nSPS) is 20.2. The number of nitrogens with zero attached hydrogens (tertiary/aromatic N) is 1. The summed E-state index contributed by atoms with van der Waals surface area (Å²) >= 11 is 0. The number of hydrogen-bond donors (Lipinski definition) is 1. The number of rotatable bonds is 4. The number of aryl methyl sites for hydroxylation is 2. The van der Waals surface area contributed by atoms with Crippen molar-refractivity contribution >= 4 is 5.69 Å². The maximum Gasteiger partial charge on any atom is 0.0428 e. The molecule has 2 heteroatoms. The van der Waals surface area contributed by atoms with Gasteiger partial charge in [0.2, 0.25) is 0 Å². The van der Waals surface area contributed by atoms with E-state index in [2.05, 4.69) is 36.9 Å². The van der Waals surface area contributed by atoms with Crippen LogP contribution >= 0.6 is 0 Å². The average molecular weight is 246 g/mol. The molecule has 0 spiro atoms. The van der Waals surface area contributed by atoms with Crippen molar-refractivity contribution in [2.75, 3.05) is 24.5 Å². The second-order valence-electron chi connectivity index (χ2n) is 5.47. The van der Waals surface area contributed by atoms with E-state index in [1.807, 2.05) is 0 Å². The summed E-state index contributed by atoms with van der Waals surface area (Å²) in [5.41, 5.74) is 10.1. The molecule has 1 aliphatic rings. The van der Waals surface area contributed by atoms with Crippen molar-refractivity contribution < 1.29 is 0 Å². The maximum absolute atomic E-state index is 5.71. The summed E-state index contributed by atoms with van der Waals surface area (Å²) in [5.74, 6) is 0.785. The fourth-order valence-corrected chi connectivity index (χ4v) is 3.20. The lowest BCUT2D eigenvalue weighted by Crippen LogP contribution is -2.37. The second-order valence-corrected chi connectivity index (χ2v) is 5.47. The van der Waals surface area contributed by atoms with Gasteiger partial charge in [0, 0.05) is 18.8 Å². The van der Waals surface area contributed by atoms with Gasteiger partial charge in [-0.15, -0.1) is 0 Å². The molecular weight excluding hydrogens is 220 g/mol. The molecule has 1 unspecified atom stereocenters. The number of benzene rings is 1. The van der Waals surface area contributed by atoms with Gasteiger partial charge in [0.15, 0.2) is 0 Å². The van der Waals surface area contributed by atoms with Crippen molar-refractivity contribution in [2.45, 2.75) is 39.5 Å². The number of nitrogens with two attached hydrogens (primary N) is 1. The van der Waals surface area contributed by atoms with Gasteiger partial charge in [-0.3, -0.25) is 0 Å². The van der Waals surface area contributed by atoms with E-state index in [1.54, 1.807) is 0 Å². The Bertz CT molecular complexity index is 385. The van der Waals surface area contributed by atoms with E-state index in [-0.39, 0.29) is 0 Å². The monoisotopic (exact) mass is 246 g/mol. The minimum Gasteiger partial charge on any atom is -0.371 e. The van der Waals surface area contributed by atoms with Gasteiger partial charge >= 0.3 is 0 Å². The Morgan fingerprint density at radius 3 is 2.94 bits per heavy atom. The largest absolute Gasteiger partial charge is 0.371 e. The second kappa shape index (κ2) is 6.24. The molecule has 100 valence electrons. The van der Waals surface area contributed by atoms with Crippen LogP contribution < -0.4 is 10.6 Å². The topological polar surface area (TPSA) is 29.3 Å². The summed E-state index contributed by atoms with van der Waals surface area (Å²) in [6.07, 6.45) is 4.95. The van der Waals surface area contributed by atoms with Crippen LogP contribution in [0.2, 0.25) is 0 Å². The zero-order valence-corrected chi connectivity index (χ0v) is 11.8. The molecule has 0 bridgehead atoms. The summed E-state index contributed by atoms with van der Waals surface area (Å²) in [5, 5.41) is 0. The fraction of sp³-hybridized carbons (Fsp3) is 0.625. The standard InChI is InChI=1S/C16H26N2/c1-3-15-8-4-6-13(2)16(15)18-11-5-7-14(12-18)9-10-17/h4,6,8,14H,3,5,7,9-12,17H2,1-2H3. The van der Waals surface area contributed by atoms with Gasteiger partial charge in [-0.05, 0) is 56.2 Å². The minimum absolute atomic E-state index is 0.785. The lowest BCUT2D eigenvalue weighted by atomic mass is 9.93. The highest BCUT2D eigenvalue weighted by Crippen LogP contribution is 2.30. The van der Waals surface area contributed by atoms with Crippen LogP contribution in [0.1, 0.15) is 37.3 Å². The van der Waals surface area contributed by atoms with Crippen molar-refractivity contribution in [2.24, 2.45) is 11.7 Å². The molecule has 1 atom stereocenters. The van der Waals surface area contributed by atoms with E-state index in [9.17, 15) is 0 Å². The zero-order chi connectivity index (χ0) is 13.0. The van der Waals surface area contributed by atoms with E-state index in [1.165, 1.54) is 49.2 Å². The summed E-state index contributed by atoms with van der Waals surface area (Å²) in [7, 11) is 0. The Balaban J connectivity index is 2.20. The molecule has 2 rings (SSSR count). The summed E-state index contributed by atoms with van der Waals surface area (Å²) in [6.45, 7) is 7.71. The van der Waals surface area contributed by atoms with Crippen molar-refractivity contribution in [1.82, 2.24) is 0 Å². The smallest absolute Gasteiger partial charge is 0.0428 e. The van der Waals surface area contributed by atoms with Gasteiger partial charge in [-0.2, -0.15) is 0 Å². The van der Waals surface area contributed by atoms with Crippen LogP contribution in [0.5, 0.6) is 0 Å². The van der Waals surface area contributed by atoms with Crippen LogP contribution in [-0.2, 0) is 6.42 Å². The van der Waals surface area contributed by atoms with Crippen molar-refractivity contribution in [3.05, 3.63) is 29.3 Å². The number of para-hydroxylation sites is 1. The third-order valence-corrected chi connectivity index (χ3v) is 4.11. The first kappa shape index (κ1) is 13.4.